The summed E-state index contributed by atoms with van der Waals surface area (Å²) in [6.45, 7) is 4.31. The first kappa shape index (κ1) is 26.0. The van der Waals surface area contributed by atoms with E-state index >= 15 is 0 Å². The topological polar surface area (TPSA) is 80.3 Å². The van der Waals surface area contributed by atoms with Crippen molar-refractivity contribution in [3.63, 3.8) is 0 Å². The zero-order chi connectivity index (χ0) is 22.4. The lowest BCUT2D eigenvalue weighted by Gasteiger charge is -2.37. The molecule has 0 aromatic rings. The molecule has 0 amide bonds. The van der Waals surface area contributed by atoms with Crippen LogP contribution in [0.3, 0.4) is 0 Å². The van der Waals surface area contributed by atoms with Crippen LogP contribution in [0.25, 0.3) is 0 Å². The van der Waals surface area contributed by atoms with Crippen molar-refractivity contribution in [1.29, 1.82) is 0 Å². The van der Waals surface area contributed by atoms with Gasteiger partial charge in [0.2, 0.25) is 0 Å². The number of esters is 1. The first-order valence-electron chi connectivity index (χ1n) is 11.9. The van der Waals surface area contributed by atoms with Gasteiger partial charge in [0.15, 0.2) is 17.9 Å². The van der Waals surface area contributed by atoms with Gasteiger partial charge in [0.1, 0.15) is 0 Å². The molecule has 2 heterocycles. The normalized spacial score (nSPS) is 26.4. The quantitative estimate of drug-likeness (QED) is 0.213. The molecule has 1 unspecified atom stereocenters. The van der Waals surface area contributed by atoms with E-state index in [0.29, 0.717) is 39.3 Å². The highest BCUT2D eigenvalue weighted by Crippen LogP contribution is 2.41. The molecule has 178 valence electrons. The van der Waals surface area contributed by atoms with Crippen molar-refractivity contribution >= 4 is 11.8 Å². The van der Waals surface area contributed by atoms with E-state index in [9.17, 15) is 9.59 Å². The van der Waals surface area contributed by atoms with Crippen LogP contribution in [0, 0.1) is 5.92 Å². The molecule has 0 radical (unpaired) electrons. The lowest BCUT2D eigenvalue weighted by molar-refractivity contribution is -0.313. The van der Waals surface area contributed by atoms with Crippen molar-refractivity contribution in [2.24, 2.45) is 5.92 Å². The van der Waals surface area contributed by atoms with Crippen molar-refractivity contribution in [3.05, 3.63) is 12.2 Å². The highest BCUT2D eigenvalue weighted by Gasteiger charge is 2.46. The van der Waals surface area contributed by atoms with E-state index in [0.717, 1.165) is 57.8 Å². The second-order valence-corrected chi connectivity index (χ2v) is 8.23. The van der Waals surface area contributed by atoms with E-state index in [1.54, 1.807) is 6.08 Å². The van der Waals surface area contributed by atoms with Gasteiger partial charge < -0.3 is 23.7 Å². The lowest BCUT2D eigenvalue weighted by atomic mass is 9.91. The molecule has 0 spiro atoms. The molecule has 0 bridgehead atoms. The first-order valence-corrected chi connectivity index (χ1v) is 11.9. The van der Waals surface area contributed by atoms with Gasteiger partial charge in [-0.05, 0) is 51.5 Å². The minimum atomic E-state index is -0.749. The maximum atomic E-state index is 12.2. The molecule has 0 saturated carbocycles. The van der Waals surface area contributed by atoms with Gasteiger partial charge in [-0.15, -0.1) is 0 Å². The van der Waals surface area contributed by atoms with Gasteiger partial charge in [0.25, 0.3) is 0 Å². The van der Waals surface area contributed by atoms with Crippen LogP contribution in [0.4, 0.5) is 0 Å². The van der Waals surface area contributed by atoms with Crippen LogP contribution in [-0.4, -0.2) is 57.4 Å². The predicted molar refractivity (Wildman–Crippen MR) is 116 cm³/mol. The fourth-order valence-corrected chi connectivity index (χ4v) is 4.11. The third-order valence-electron chi connectivity index (χ3n) is 5.90. The number of ketones is 1. The molecule has 2 rings (SSSR count). The summed E-state index contributed by atoms with van der Waals surface area (Å²) in [7, 11) is 1.42. The van der Waals surface area contributed by atoms with E-state index in [-0.39, 0.29) is 24.0 Å². The number of methoxy groups -OCH3 is 1. The summed E-state index contributed by atoms with van der Waals surface area (Å²) in [5.41, 5.74) is 0. The maximum Gasteiger partial charge on any atom is 0.305 e. The number of hydrogen-bond donors (Lipinski definition) is 0. The van der Waals surface area contributed by atoms with Gasteiger partial charge in [0.05, 0.1) is 20.3 Å². The summed E-state index contributed by atoms with van der Waals surface area (Å²) in [6.07, 6.45) is 12.5. The standard InChI is InChI=1S/C24H40O7/c1-3-28-18-15-21(25)13-12-20-14-19-30-24(20,31-23-11-7-9-17-29-23)16-8-5-4-6-10-22(26)27-2/h12-13,20,23H,3-11,14-19H2,1-2H3/t20-,23?,24-/m0/s1. The summed E-state index contributed by atoms with van der Waals surface area (Å²) in [6, 6.07) is 0. The van der Waals surface area contributed by atoms with Crippen LogP contribution in [0.15, 0.2) is 12.2 Å². The first-order chi connectivity index (χ1) is 15.1. The number of rotatable bonds is 15. The van der Waals surface area contributed by atoms with Gasteiger partial charge in [-0.2, -0.15) is 0 Å². The molecule has 0 N–H and O–H groups in total. The van der Waals surface area contributed by atoms with E-state index in [1.165, 1.54) is 7.11 Å². The average molecular weight is 441 g/mol. The molecule has 31 heavy (non-hydrogen) atoms. The molecule has 7 heteroatoms. The highest BCUT2D eigenvalue weighted by molar-refractivity contribution is 5.89. The van der Waals surface area contributed by atoms with Crippen molar-refractivity contribution < 1.29 is 33.3 Å². The molecule has 0 aromatic heterocycles. The summed E-state index contributed by atoms with van der Waals surface area (Å²) in [5, 5.41) is 0. The molecular weight excluding hydrogens is 400 g/mol. The molecule has 3 atom stereocenters. The predicted octanol–water partition coefficient (Wildman–Crippen LogP) is 4.33. The van der Waals surface area contributed by atoms with Crippen LogP contribution in [-0.2, 0) is 33.3 Å². The van der Waals surface area contributed by atoms with Crippen LogP contribution in [0.5, 0.6) is 0 Å². The van der Waals surface area contributed by atoms with Crippen LogP contribution in [0.2, 0.25) is 0 Å². The monoisotopic (exact) mass is 440 g/mol. The van der Waals surface area contributed by atoms with Gasteiger partial charge in [0, 0.05) is 38.4 Å². The van der Waals surface area contributed by atoms with Crippen molar-refractivity contribution in [3.8, 4) is 0 Å². The number of hydrogen-bond acceptors (Lipinski definition) is 7. The van der Waals surface area contributed by atoms with E-state index in [2.05, 4.69) is 0 Å². The summed E-state index contributed by atoms with van der Waals surface area (Å²) < 4.78 is 28.4. The maximum absolute atomic E-state index is 12.2. The molecule has 2 aliphatic heterocycles. The summed E-state index contributed by atoms with van der Waals surface area (Å²) in [4.78, 5) is 23.4. The molecule has 2 saturated heterocycles. The third-order valence-corrected chi connectivity index (χ3v) is 5.90. The SMILES string of the molecule is CCOCCC(=O)C=C[C@H]1CCO[C@@]1(CCCCCCC(=O)OC)OC1CCCCO1. The molecule has 2 aliphatic rings. The van der Waals surface area contributed by atoms with Crippen molar-refractivity contribution in [2.45, 2.75) is 89.6 Å². The Labute approximate surface area is 186 Å². The van der Waals surface area contributed by atoms with E-state index in [4.69, 9.17) is 23.7 Å². The van der Waals surface area contributed by atoms with Crippen molar-refractivity contribution in [2.75, 3.05) is 33.5 Å². The van der Waals surface area contributed by atoms with Gasteiger partial charge in [-0.3, -0.25) is 9.59 Å². The molecule has 2 fully saturated rings. The number of carbonyl (C=O) groups is 2. The summed E-state index contributed by atoms with van der Waals surface area (Å²) in [5.74, 6) is -0.830. The van der Waals surface area contributed by atoms with Crippen molar-refractivity contribution in [1.82, 2.24) is 0 Å². The fourth-order valence-electron chi connectivity index (χ4n) is 4.11. The van der Waals surface area contributed by atoms with Crippen LogP contribution >= 0.6 is 0 Å². The zero-order valence-electron chi connectivity index (χ0n) is 19.3. The smallest absolute Gasteiger partial charge is 0.305 e. The molecule has 0 aliphatic carbocycles. The van der Waals surface area contributed by atoms with Gasteiger partial charge in [-0.25, -0.2) is 0 Å². The Bertz CT molecular complexity index is 556. The Balaban J connectivity index is 1.92. The van der Waals surface area contributed by atoms with E-state index in [1.807, 2.05) is 13.0 Å². The number of unbranched alkanes of at least 4 members (excludes halogenated alkanes) is 3. The molecular formula is C24H40O7. The Morgan fingerprint density at radius 1 is 1.06 bits per heavy atom. The van der Waals surface area contributed by atoms with E-state index < -0.39 is 5.79 Å². The third kappa shape index (κ3) is 9.39. The zero-order valence-corrected chi connectivity index (χ0v) is 19.3. The Kier molecular flexibility index (Phi) is 12.3. The Morgan fingerprint density at radius 2 is 1.90 bits per heavy atom. The highest BCUT2D eigenvalue weighted by atomic mass is 16.8. The molecule has 0 aromatic carbocycles. The summed E-state index contributed by atoms with van der Waals surface area (Å²) >= 11 is 0. The van der Waals surface area contributed by atoms with Gasteiger partial charge in [-0.1, -0.05) is 18.9 Å². The fraction of sp³-hybridized carbons (Fsp3) is 0.833. The number of ether oxygens (including phenoxy) is 5. The molecule has 7 nitrogen and oxygen atoms in total. The second-order valence-electron chi connectivity index (χ2n) is 8.23. The minimum Gasteiger partial charge on any atom is -0.469 e. The largest absolute Gasteiger partial charge is 0.469 e. The average Bonchev–Trinajstić information content (AvgIpc) is 3.17. The second kappa shape index (κ2) is 14.7. The Hall–Kier alpha value is -1.28. The lowest BCUT2D eigenvalue weighted by Crippen LogP contribution is -2.43. The Morgan fingerprint density at radius 3 is 2.65 bits per heavy atom. The number of allylic oxidation sites excluding steroid dienone is 1. The van der Waals surface area contributed by atoms with Crippen LogP contribution < -0.4 is 0 Å². The number of carbonyl (C=O) groups excluding carboxylic acids is 2. The van der Waals surface area contributed by atoms with Crippen LogP contribution in [0.1, 0.15) is 77.6 Å². The minimum absolute atomic E-state index is 0.0177. The van der Waals surface area contributed by atoms with Gasteiger partial charge >= 0.3 is 5.97 Å².